The quantitative estimate of drug-likeness (QED) is 0.396. The van der Waals surface area contributed by atoms with E-state index in [1.54, 1.807) is 63.3 Å². The number of rotatable bonds is 5. The fourth-order valence-corrected chi connectivity index (χ4v) is 7.84. The molecule has 3 N–H and O–H groups in total. The maximum Gasteiger partial charge on any atom is 0.338 e. The molecule has 204 valence electrons. The van der Waals surface area contributed by atoms with Gasteiger partial charge >= 0.3 is 11.9 Å². The molecule has 8 heteroatoms. The summed E-state index contributed by atoms with van der Waals surface area (Å²) in [6.07, 6.45) is 2.27. The second kappa shape index (κ2) is 8.60. The van der Waals surface area contributed by atoms with E-state index in [4.69, 9.17) is 9.47 Å². The largest absolute Gasteiger partial charge is 0.454 e. The van der Waals surface area contributed by atoms with Crippen LogP contribution in [-0.2, 0) is 19.1 Å². The van der Waals surface area contributed by atoms with Crippen molar-refractivity contribution in [3.05, 3.63) is 59.2 Å². The van der Waals surface area contributed by atoms with Crippen LogP contribution in [0, 0.1) is 29.1 Å². The van der Waals surface area contributed by atoms with E-state index in [1.165, 1.54) is 0 Å². The van der Waals surface area contributed by atoms with Crippen LogP contribution in [0.1, 0.15) is 57.8 Å². The predicted octanol–water partition coefficient (Wildman–Crippen LogP) is 2.76. The van der Waals surface area contributed by atoms with Crippen LogP contribution in [0.5, 0.6) is 0 Å². The van der Waals surface area contributed by atoms with Crippen LogP contribution in [0.4, 0.5) is 0 Å². The van der Waals surface area contributed by atoms with E-state index in [0.29, 0.717) is 16.7 Å². The van der Waals surface area contributed by atoms with Gasteiger partial charge in [-0.05, 0) is 30.2 Å². The van der Waals surface area contributed by atoms with Crippen molar-refractivity contribution < 1.29 is 39.2 Å². The average molecular weight is 525 g/mol. The molecule has 2 saturated carbocycles. The molecule has 38 heavy (non-hydrogen) atoms. The van der Waals surface area contributed by atoms with Gasteiger partial charge in [-0.1, -0.05) is 58.0 Å². The van der Waals surface area contributed by atoms with Crippen LogP contribution < -0.4 is 0 Å². The van der Waals surface area contributed by atoms with Crippen molar-refractivity contribution in [1.29, 1.82) is 0 Å². The third kappa shape index (κ3) is 3.29. The lowest BCUT2D eigenvalue weighted by atomic mass is 9.59. The highest BCUT2D eigenvalue weighted by atomic mass is 16.6. The first kappa shape index (κ1) is 26.8. The summed E-state index contributed by atoms with van der Waals surface area (Å²) >= 11 is 0. The van der Waals surface area contributed by atoms with Gasteiger partial charge in [0.15, 0.2) is 11.4 Å². The van der Waals surface area contributed by atoms with E-state index >= 15 is 0 Å². The lowest BCUT2D eigenvalue weighted by Crippen LogP contribution is -2.66. The molecule has 0 spiro atoms. The topological polar surface area (TPSA) is 130 Å². The number of ketones is 1. The number of hydrogen-bond acceptors (Lipinski definition) is 8. The first-order chi connectivity index (χ1) is 17.8. The van der Waals surface area contributed by atoms with Crippen molar-refractivity contribution in [3.8, 4) is 0 Å². The number of Topliss-reactive ketones (excluding diaryl/α,β-unsaturated/α-hetero) is 1. The Bertz CT molecular complexity index is 1250. The van der Waals surface area contributed by atoms with Gasteiger partial charge in [0.2, 0.25) is 0 Å². The highest BCUT2D eigenvalue weighted by Gasteiger charge is 2.87. The number of fused-ring (bicyclic) bond motifs is 5. The van der Waals surface area contributed by atoms with Gasteiger partial charge in [-0.15, -0.1) is 0 Å². The molecule has 0 amide bonds. The molecule has 0 unspecified atom stereocenters. The van der Waals surface area contributed by atoms with Gasteiger partial charge < -0.3 is 24.8 Å². The number of ether oxygens (including phenoxy) is 2. The predicted molar refractivity (Wildman–Crippen MR) is 137 cm³/mol. The third-order valence-electron chi connectivity index (χ3n) is 9.77. The molecule has 0 saturated heterocycles. The molecule has 0 aliphatic heterocycles. The molecule has 0 heterocycles. The van der Waals surface area contributed by atoms with Gasteiger partial charge in [0, 0.05) is 41.9 Å². The number of esters is 2. The Hall–Kier alpha value is -2.81. The molecule has 4 aliphatic carbocycles. The van der Waals surface area contributed by atoms with Crippen molar-refractivity contribution in [1.82, 2.24) is 0 Å². The zero-order chi connectivity index (χ0) is 27.8. The fourth-order valence-electron chi connectivity index (χ4n) is 7.84. The average Bonchev–Trinajstić information content (AvgIpc) is 3.32. The minimum absolute atomic E-state index is 0.115. The molecule has 1 aromatic carbocycles. The van der Waals surface area contributed by atoms with E-state index in [2.05, 4.69) is 0 Å². The summed E-state index contributed by atoms with van der Waals surface area (Å²) in [6.45, 7) is 8.42. The fraction of sp³-hybridized carbons (Fsp3) is 0.567. The second-order valence-corrected chi connectivity index (χ2v) is 12.0. The Kier molecular flexibility index (Phi) is 6.06. The minimum atomic E-state index is -1.95. The number of benzene rings is 1. The van der Waals surface area contributed by atoms with Crippen LogP contribution in [0.2, 0.25) is 0 Å². The van der Waals surface area contributed by atoms with Crippen LogP contribution in [0.3, 0.4) is 0 Å². The molecular weight excluding hydrogens is 488 g/mol. The highest BCUT2D eigenvalue weighted by molar-refractivity contribution is 6.04. The van der Waals surface area contributed by atoms with Gasteiger partial charge in [0.05, 0.1) is 17.8 Å². The Balaban J connectivity index is 1.70. The van der Waals surface area contributed by atoms with Gasteiger partial charge in [0.1, 0.15) is 11.7 Å². The molecule has 2 fully saturated rings. The van der Waals surface area contributed by atoms with Crippen molar-refractivity contribution in [2.75, 3.05) is 6.61 Å². The Morgan fingerprint density at radius 1 is 1.11 bits per heavy atom. The maximum absolute atomic E-state index is 13.4. The molecule has 8 atom stereocenters. The number of hydrogen-bond donors (Lipinski definition) is 3. The number of carbonyl (C=O) groups excluding carboxylic acids is 3. The Morgan fingerprint density at radius 2 is 1.76 bits per heavy atom. The lowest BCUT2D eigenvalue weighted by Gasteiger charge is -2.53. The molecule has 0 bridgehead atoms. The molecule has 0 aromatic heterocycles. The van der Waals surface area contributed by atoms with E-state index in [-0.39, 0.29) is 12.8 Å². The van der Waals surface area contributed by atoms with Gasteiger partial charge in [-0.25, -0.2) is 4.79 Å². The smallest absolute Gasteiger partial charge is 0.338 e. The van der Waals surface area contributed by atoms with Gasteiger partial charge in [-0.2, -0.15) is 0 Å². The minimum Gasteiger partial charge on any atom is -0.454 e. The second-order valence-electron chi connectivity index (χ2n) is 12.0. The third-order valence-corrected chi connectivity index (χ3v) is 9.77. The van der Waals surface area contributed by atoms with Crippen LogP contribution in [-0.4, -0.2) is 62.6 Å². The summed E-state index contributed by atoms with van der Waals surface area (Å²) in [5, 5.41) is 34.6. The standard InChI is InChI=1S/C30H36O8/c1-6-22(32)38-30-23(27(30,4)5)20-13-18(15-31)14-28(35)21(12-16(2)24(28)33)29(20,36)17(3)25(30)37-26(34)19-10-8-7-9-11-19/h7-13,17,20-21,23,25,31,35-36H,6,14-15H2,1-5H3/t17-,20+,21-,23-,25-,28-,29-,30-/m1/s1. The number of carbonyl (C=O) groups is 3. The lowest BCUT2D eigenvalue weighted by molar-refractivity contribution is -0.219. The zero-order valence-electron chi connectivity index (χ0n) is 22.4. The normalized spacial score (nSPS) is 40.5. The van der Waals surface area contributed by atoms with E-state index < -0.39 is 76.3 Å². The molecule has 5 rings (SSSR count). The Morgan fingerprint density at radius 3 is 2.37 bits per heavy atom. The summed E-state index contributed by atoms with van der Waals surface area (Å²) in [6, 6.07) is 8.45. The van der Waals surface area contributed by atoms with E-state index in [0.717, 1.165) is 0 Å². The summed E-state index contributed by atoms with van der Waals surface area (Å²) in [4.78, 5) is 39.3. The first-order valence-electron chi connectivity index (χ1n) is 13.3. The summed E-state index contributed by atoms with van der Waals surface area (Å²) in [5.41, 5.74) is -4.61. The van der Waals surface area contributed by atoms with E-state index in [9.17, 15) is 29.7 Å². The zero-order valence-corrected chi connectivity index (χ0v) is 22.4. The molecule has 1 aromatic rings. The maximum atomic E-state index is 13.4. The molecule has 0 radical (unpaired) electrons. The number of aliphatic hydroxyl groups excluding tert-OH is 1. The number of aliphatic hydroxyl groups is 3. The van der Waals surface area contributed by atoms with Crippen molar-refractivity contribution in [2.45, 2.75) is 70.4 Å². The summed E-state index contributed by atoms with van der Waals surface area (Å²) in [7, 11) is 0. The van der Waals surface area contributed by atoms with Crippen LogP contribution in [0.25, 0.3) is 0 Å². The monoisotopic (exact) mass is 524 g/mol. The van der Waals surface area contributed by atoms with Crippen molar-refractivity contribution in [3.63, 3.8) is 0 Å². The van der Waals surface area contributed by atoms with Crippen molar-refractivity contribution >= 4 is 17.7 Å². The van der Waals surface area contributed by atoms with Gasteiger partial charge in [0.25, 0.3) is 0 Å². The first-order valence-corrected chi connectivity index (χ1v) is 13.3. The molecular formula is C30H36O8. The van der Waals surface area contributed by atoms with Gasteiger partial charge in [-0.3, -0.25) is 9.59 Å². The van der Waals surface area contributed by atoms with Crippen molar-refractivity contribution in [2.24, 2.45) is 29.1 Å². The molecule has 4 aliphatic rings. The summed E-state index contributed by atoms with van der Waals surface area (Å²) < 4.78 is 12.3. The SMILES string of the molecule is CCC(=O)O[C@@]12[C@H](OC(=O)c3ccccc3)[C@@H](C)[C@@]3(O)[C@@H](C=C(CO)C[C@]4(O)C(=O)C(C)=C[C@@H]34)[C@@H]1C2(C)C. The highest BCUT2D eigenvalue weighted by Crippen LogP contribution is 2.77. The Labute approximate surface area is 222 Å². The van der Waals surface area contributed by atoms with Crippen LogP contribution >= 0.6 is 0 Å². The van der Waals surface area contributed by atoms with E-state index in [1.807, 2.05) is 13.8 Å². The summed E-state index contributed by atoms with van der Waals surface area (Å²) in [5.74, 6) is -4.65. The molecule has 8 nitrogen and oxygen atoms in total. The van der Waals surface area contributed by atoms with Crippen LogP contribution in [0.15, 0.2) is 53.6 Å².